The second kappa shape index (κ2) is 6.08. The fourth-order valence-corrected chi connectivity index (χ4v) is 2.88. The monoisotopic (exact) mass is 320 g/mol. The SMILES string of the molecule is CC(CO[Si](C)(C)C(C)(C)C)c1cc(Cl)nnc1Cl. The molecule has 0 aliphatic carbocycles. The zero-order chi connectivity index (χ0) is 14.8. The van der Waals surface area contributed by atoms with Gasteiger partial charge in [-0.2, -0.15) is 0 Å². The van der Waals surface area contributed by atoms with Crippen molar-refractivity contribution in [2.45, 2.75) is 51.7 Å². The molecule has 1 aromatic rings. The lowest BCUT2D eigenvalue weighted by Crippen LogP contribution is -2.41. The lowest BCUT2D eigenvalue weighted by molar-refractivity contribution is 0.269. The molecule has 0 amide bonds. The van der Waals surface area contributed by atoms with E-state index in [-0.39, 0.29) is 11.0 Å². The maximum absolute atomic E-state index is 6.19. The van der Waals surface area contributed by atoms with Gasteiger partial charge in [-0.25, -0.2) is 0 Å². The van der Waals surface area contributed by atoms with Crippen LogP contribution in [0.5, 0.6) is 0 Å². The van der Waals surface area contributed by atoms with Crippen LogP contribution in [-0.4, -0.2) is 25.1 Å². The maximum atomic E-state index is 6.19. The van der Waals surface area contributed by atoms with Crippen molar-refractivity contribution < 1.29 is 4.43 Å². The first-order valence-corrected chi connectivity index (χ1v) is 10.0. The van der Waals surface area contributed by atoms with E-state index in [1.54, 1.807) is 6.07 Å². The van der Waals surface area contributed by atoms with Crippen LogP contribution in [0.25, 0.3) is 0 Å². The van der Waals surface area contributed by atoms with Crippen molar-refractivity contribution in [1.82, 2.24) is 10.2 Å². The summed E-state index contributed by atoms with van der Waals surface area (Å²) in [6.07, 6.45) is 0. The highest BCUT2D eigenvalue weighted by molar-refractivity contribution is 6.74. The van der Waals surface area contributed by atoms with Gasteiger partial charge in [0.2, 0.25) is 0 Å². The van der Waals surface area contributed by atoms with Crippen LogP contribution in [0.3, 0.4) is 0 Å². The van der Waals surface area contributed by atoms with E-state index in [1.807, 2.05) is 0 Å². The second-order valence-electron chi connectivity index (χ2n) is 6.39. The molecule has 19 heavy (non-hydrogen) atoms. The predicted molar refractivity (Wildman–Crippen MR) is 83.6 cm³/mol. The summed E-state index contributed by atoms with van der Waals surface area (Å²) >= 11 is 11.9. The number of hydrogen-bond acceptors (Lipinski definition) is 3. The van der Waals surface area contributed by atoms with Crippen LogP contribution in [0, 0.1) is 0 Å². The predicted octanol–water partition coefficient (Wildman–Crippen LogP) is 4.91. The van der Waals surface area contributed by atoms with E-state index < -0.39 is 8.32 Å². The highest BCUT2D eigenvalue weighted by Crippen LogP contribution is 2.37. The van der Waals surface area contributed by atoms with E-state index in [1.165, 1.54) is 0 Å². The zero-order valence-electron chi connectivity index (χ0n) is 12.4. The number of aromatic nitrogens is 2. The summed E-state index contributed by atoms with van der Waals surface area (Å²) in [5.74, 6) is 0.148. The number of hydrogen-bond donors (Lipinski definition) is 0. The summed E-state index contributed by atoms with van der Waals surface area (Å²) in [6.45, 7) is 13.8. The van der Waals surface area contributed by atoms with E-state index >= 15 is 0 Å². The van der Waals surface area contributed by atoms with E-state index in [0.717, 1.165) is 5.56 Å². The number of rotatable bonds is 4. The maximum Gasteiger partial charge on any atom is 0.192 e. The molecule has 1 heterocycles. The van der Waals surface area contributed by atoms with Crippen molar-refractivity contribution in [1.29, 1.82) is 0 Å². The van der Waals surface area contributed by atoms with Crippen LogP contribution >= 0.6 is 23.2 Å². The van der Waals surface area contributed by atoms with Gasteiger partial charge in [0, 0.05) is 12.5 Å². The molecule has 0 bridgehead atoms. The Morgan fingerprint density at radius 2 is 1.84 bits per heavy atom. The molecule has 3 nitrogen and oxygen atoms in total. The first-order chi connectivity index (χ1) is 8.54. The molecule has 0 aliphatic rings. The van der Waals surface area contributed by atoms with Gasteiger partial charge < -0.3 is 4.43 Å². The molecule has 1 unspecified atom stereocenters. The Labute approximate surface area is 126 Å². The van der Waals surface area contributed by atoms with Gasteiger partial charge in [0.05, 0.1) is 0 Å². The molecule has 1 rings (SSSR count). The molecule has 0 spiro atoms. The van der Waals surface area contributed by atoms with Gasteiger partial charge in [0.25, 0.3) is 0 Å². The second-order valence-corrected chi connectivity index (χ2v) is 11.9. The van der Waals surface area contributed by atoms with E-state index in [9.17, 15) is 0 Å². The fourth-order valence-electron chi connectivity index (χ4n) is 1.35. The lowest BCUT2D eigenvalue weighted by Gasteiger charge is -2.37. The average molecular weight is 321 g/mol. The molecule has 0 fully saturated rings. The van der Waals surface area contributed by atoms with Crippen LogP contribution in [0.1, 0.15) is 39.2 Å². The van der Waals surface area contributed by atoms with Gasteiger partial charge in [-0.05, 0) is 29.8 Å². The average Bonchev–Trinajstić information content (AvgIpc) is 2.28. The van der Waals surface area contributed by atoms with Crippen LogP contribution in [0.4, 0.5) is 0 Å². The molecule has 1 atom stereocenters. The Bertz CT molecular complexity index is 447. The van der Waals surface area contributed by atoms with E-state index in [0.29, 0.717) is 16.9 Å². The third kappa shape index (κ3) is 4.41. The quantitative estimate of drug-likeness (QED) is 0.739. The van der Waals surface area contributed by atoms with Gasteiger partial charge >= 0.3 is 0 Å². The molecule has 1 aromatic heterocycles. The summed E-state index contributed by atoms with van der Waals surface area (Å²) in [4.78, 5) is 0. The standard InChI is InChI=1S/C13H22Cl2N2OSi/c1-9(8-18-19(5,6)13(2,3)4)10-7-11(14)16-17-12(10)15/h7,9H,8H2,1-6H3. The zero-order valence-corrected chi connectivity index (χ0v) is 14.9. The minimum atomic E-state index is -1.74. The number of halogens is 2. The molecule has 0 saturated carbocycles. The summed E-state index contributed by atoms with van der Waals surface area (Å²) in [5.41, 5.74) is 0.889. The normalized spacial score (nSPS) is 14.5. The van der Waals surface area contributed by atoms with Crippen molar-refractivity contribution in [2.75, 3.05) is 6.61 Å². The molecule has 0 aliphatic heterocycles. The molecular formula is C13H22Cl2N2OSi. The van der Waals surface area contributed by atoms with Gasteiger partial charge in [0.15, 0.2) is 18.6 Å². The minimum Gasteiger partial charge on any atom is -0.416 e. The molecule has 0 aromatic carbocycles. The summed E-state index contributed by atoms with van der Waals surface area (Å²) in [5, 5.41) is 8.51. The third-order valence-corrected chi connectivity index (χ3v) is 8.76. The summed E-state index contributed by atoms with van der Waals surface area (Å²) < 4.78 is 6.19. The number of nitrogens with zero attached hydrogens (tertiary/aromatic N) is 2. The topological polar surface area (TPSA) is 35.0 Å². The van der Waals surface area contributed by atoms with Crippen molar-refractivity contribution in [3.63, 3.8) is 0 Å². The largest absolute Gasteiger partial charge is 0.416 e. The van der Waals surface area contributed by atoms with E-state index in [4.69, 9.17) is 27.6 Å². The first kappa shape index (κ1) is 16.9. The smallest absolute Gasteiger partial charge is 0.192 e. The minimum absolute atomic E-state index is 0.148. The molecular weight excluding hydrogens is 299 g/mol. The van der Waals surface area contributed by atoms with Crippen LogP contribution in [-0.2, 0) is 4.43 Å². The van der Waals surface area contributed by atoms with Gasteiger partial charge in [-0.3, -0.25) is 0 Å². The highest BCUT2D eigenvalue weighted by Gasteiger charge is 2.37. The van der Waals surface area contributed by atoms with Crippen LogP contribution < -0.4 is 0 Å². The molecule has 0 radical (unpaired) electrons. The third-order valence-electron chi connectivity index (χ3n) is 3.78. The first-order valence-electron chi connectivity index (χ1n) is 6.37. The van der Waals surface area contributed by atoms with Gasteiger partial charge in [0.1, 0.15) is 0 Å². The van der Waals surface area contributed by atoms with Crippen molar-refractivity contribution in [3.8, 4) is 0 Å². The molecule has 0 saturated heterocycles. The molecule has 6 heteroatoms. The van der Waals surface area contributed by atoms with E-state index in [2.05, 4.69) is 51.0 Å². The Morgan fingerprint density at radius 1 is 1.26 bits per heavy atom. The van der Waals surface area contributed by atoms with Crippen molar-refractivity contribution >= 4 is 31.5 Å². The molecule has 108 valence electrons. The fraction of sp³-hybridized carbons (Fsp3) is 0.692. The Morgan fingerprint density at radius 3 is 2.37 bits per heavy atom. The van der Waals surface area contributed by atoms with Crippen LogP contribution in [0.15, 0.2) is 6.07 Å². The Hall–Kier alpha value is -0.163. The van der Waals surface area contributed by atoms with Gasteiger partial charge in [-0.15, -0.1) is 10.2 Å². The molecule has 0 N–H and O–H groups in total. The van der Waals surface area contributed by atoms with Crippen molar-refractivity contribution in [2.24, 2.45) is 0 Å². The van der Waals surface area contributed by atoms with Crippen LogP contribution in [0.2, 0.25) is 28.4 Å². The summed E-state index contributed by atoms with van der Waals surface area (Å²) in [6, 6.07) is 1.76. The Balaban J connectivity index is 2.76. The van der Waals surface area contributed by atoms with Gasteiger partial charge in [-0.1, -0.05) is 50.9 Å². The highest BCUT2D eigenvalue weighted by atomic mass is 35.5. The lowest BCUT2D eigenvalue weighted by atomic mass is 10.1. The summed E-state index contributed by atoms with van der Waals surface area (Å²) in [7, 11) is -1.74. The van der Waals surface area contributed by atoms with Crippen molar-refractivity contribution in [3.05, 3.63) is 21.9 Å². The Kier molecular flexibility index (Phi) is 5.41.